The zero-order valence-electron chi connectivity index (χ0n) is 14.6. The van der Waals surface area contributed by atoms with Crippen LogP contribution in [0, 0.1) is 13.8 Å². The van der Waals surface area contributed by atoms with E-state index in [4.69, 9.17) is 4.74 Å². The van der Waals surface area contributed by atoms with E-state index in [1.165, 1.54) is 17.1 Å². The first kappa shape index (κ1) is 18.2. The third-order valence-corrected chi connectivity index (χ3v) is 6.39. The van der Waals surface area contributed by atoms with E-state index in [9.17, 15) is 8.42 Å². The van der Waals surface area contributed by atoms with Crippen molar-refractivity contribution < 1.29 is 13.2 Å². The second-order valence-electron chi connectivity index (χ2n) is 6.19. The van der Waals surface area contributed by atoms with Gasteiger partial charge in [0.25, 0.3) is 0 Å². The van der Waals surface area contributed by atoms with Gasteiger partial charge in [-0.05, 0) is 70.0 Å². The van der Waals surface area contributed by atoms with Crippen LogP contribution >= 0.6 is 0 Å². The lowest BCUT2D eigenvalue weighted by Gasteiger charge is -2.22. The molecule has 6 heteroatoms. The Balaban J connectivity index is 2.15. The van der Waals surface area contributed by atoms with Gasteiger partial charge in [0.1, 0.15) is 5.75 Å². The summed E-state index contributed by atoms with van der Waals surface area (Å²) in [5, 5.41) is 0. The molecule has 0 saturated carbocycles. The van der Waals surface area contributed by atoms with Crippen molar-refractivity contribution in [2.45, 2.75) is 38.5 Å². The maximum atomic E-state index is 12.8. The number of likely N-dealkylation sites (N-methyl/N-ethyl adjacent to an activating group) is 1. The van der Waals surface area contributed by atoms with Crippen molar-refractivity contribution in [2.24, 2.45) is 0 Å². The molecule has 0 spiro atoms. The molecule has 1 heterocycles. The van der Waals surface area contributed by atoms with Crippen molar-refractivity contribution in [1.29, 1.82) is 0 Å². The maximum Gasteiger partial charge on any atom is 0.243 e. The molecule has 0 unspecified atom stereocenters. The van der Waals surface area contributed by atoms with Crippen LogP contribution in [0.1, 0.15) is 30.9 Å². The number of likely N-dealkylation sites (tertiary alicyclic amines) is 1. The molecule has 1 aliphatic heterocycles. The Bertz CT molecular complexity index is 637. The minimum absolute atomic E-state index is 0.377. The zero-order valence-corrected chi connectivity index (χ0v) is 15.4. The topological polar surface area (TPSA) is 49.9 Å². The summed E-state index contributed by atoms with van der Waals surface area (Å²) >= 11 is 0. The van der Waals surface area contributed by atoms with Crippen LogP contribution in [-0.2, 0) is 10.0 Å². The summed E-state index contributed by atoms with van der Waals surface area (Å²) in [6.45, 7) is 9.67. The van der Waals surface area contributed by atoms with Crippen LogP contribution in [0.2, 0.25) is 0 Å². The summed E-state index contributed by atoms with van der Waals surface area (Å²) in [6.07, 6.45) is 2.43. The third kappa shape index (κ3) is 4.25. The molecule has 0 atom stereocenters. The summed E-state index contributed by atoms with van der Waals surface area (Å²) in [5.41, 5.74) is 1.58. The summed E-state index contributed by atoms with van der Waals surface area (Å²) in [5.74, 6) is 0.753. The molecule has 1 aromatic rings. The fraction of sp³-hybridized carbons (Fsp3) is 0.647. The second-order valence-corrected chi connectivity index (χ2v) is 8.20. The molecular weight excluding hydrogens is 312 g/mol. The first-order valence-electron chi connectivity index (χ1n) is 8.29. The number of hydrogen-bond acceptors (Lipinski definition) is 4. The Morgan fingerprint density at radius 1 is 1.17 bits per heavy atom. The van der Waals surface area contributed by atoms with Crippen molar-refractivity contribution in [3.8, 4) is 5.75 Å². The molecule has 2 rings (SSSR count). The normalized spacial score (nSPS) is 16.2. The lowest BCUT2D eigenvalue weighted by Crippen LogP contribution is -2.35. The predicted molar refractivity (Wildman–Crippen MR) is 92.6 cm³/mol. The van der Waals surface area contributed by atoms with E-state index in [2.05, 4.69) is 4.90 Å². The molecule has 0 radical (unpaired) electrons. The van der Waals surface area contributed by atoms with E-state index in [1.807, 2.05) is 26.8 Å². The Labute approximate surface area is 140 Å². The van der Waals surface area contributed by atoms with Crippen LogP contribution < -0.4 is 4.74 Å². The van der Waals surface area contributed by atoms with Crippen LogP contribution in [-0.4, -0.2) is 57.5 Å². The van der Waals surface area contributed by atoms with Crippen LogP contribution in [0.3, 0.4) is 0 Å². The van der Waals surface area contributed by atoms with Crippen LogP contribution in [0.4, 0.5) is 0 Å². The number of sulfonamides is 1. The van der Waals surface area contributed by atoms with Gasteiger partial charge in [-0.15, -0.1) is 0 Å². The van der Waals surface area contributed by atoms with E-state index in [0.717, 1.165) is 36.5 Å². The van der Waals surface area contributed by atoms with Crippen molar-refractivity contribution >= 4 is 10.0 Å². The Hall–Kier alpha value is -1.11. The first-order chi connectivity index (χ1) is 10.9. The van der Waals surface area contributed by atoms with E-state index in [-0.39, 0.29) is 0 Å². The fourth-order valence-corrected chi connectivity index (χ4v) is 4.38. The van der Waals surface area contributed by atoms with Crippen LogP contribution in [0.15, 0.2) is 17.0 Å². The van der Waals surface area contributed by atoms with Gasteiger partial charge in [-0.3, -0.25) is 0 Å². The van der Waals surface area contributed by atoms with Crippen molar-refractivity contribution in [3.63, 3.8) is 0 Å². The smallest absolute Gasteiger partial charge is 0.243 e. The molecule has 23 heavy (non-hydrogen) atoms. The first-order valence-corrected chi connectivity index (χ1v) is 9.73. The lowest BCUT2D eigenvalue weighted by atomic mass is 10.1. The maximum absolute atomic E-state index is 12.8. The fourth-order valence-electron chi connectivity index (χ4n) is 2.93. The highest BCUT2D eigenvalue weighted by Gasteiger charge is 2.24. The van der Waals surface area contributed by atoms with Gasteiger partial charge in [0.05, 0.1) is 11.5 Å². The van der Waals surface area contributed by atoms with Gasteiger partial charge in [0, 0.05) is 20.1 Å². The van der Waals surface area contributed by atoms with Crippen molar-refractivity contribution in [3.05, 3.63) is 23.3 Å². The molecule has 1 aromatic carbocycles. The number of benzene rings is 1. The van der Waals surface area contributed by atoms with Gasteiger partial charge < -0.3 is 9.64 Å². The number of hydrogen-bond donors (Lipinski definition) is 0. The van der Waals surface area contributed by atoms with E-state index in [1.54, 1.807) is 13.1 Å². The summed E-state index contributed by atoms with van der Waals surface area (Å²) in [4.78, 5) is 2.70. The van der Waals surface area contributed by atoms with Crippen molar-refractivity contribution in [1.82, 2.24) is 9.21 Å². The molecule has 0 aliphatic carbocycles. The van der Waals surface area contributed by atoms with E-state index >= 15 is 0 Å². The second kappa shape index (κ2) is 7.64. The predicted octanol–water partition coefficient (Wildman–Crippen LogP) is 2.42. The van der Waals surface area contributed by atoms with Crippen LogP contribution in [0.5, 0.6) is 5.75 Å². The van der Waals surface area contributed by atoms with Gasteiger partial charge in [0.2, 0.25) is 10.0 Å². The van der Waals surface area contributed by atoms with E-state index in [0.29, 0.717) is 18.0 Å². The molecule has 130 valence electrons. The molecule has 0 amide bonds. The summed E-state index contributed by atoms with van der Waals surface area (Å²) < 4.78 is 32.7. The number of ether oxygens (including phenoxy) is 1. The molecule has 1 aliphatic rings. The highest BCUT2D eigenvalue weighted by atomic mass is 32.2. The molecule has 1 fully saturated rings. The quantitative estimate of drug-likeness (QED) is 0.765. The molecule has 0 aromatic heterocycles. The lowest BCUT2D eigenvalue weighted by molar-refractivity contribution is 0.310. The third-order valence-electron chi connectivity index (χ3n) is 4.39. The van der Waals surface area contributed by atoms with Gasteiger partial charge in [-0.2, -0.15) is 4.31 Å². The number of rotatable bonds is 7. The van der Waals surface area contributed by atoms with Gasteiger partial charge >= 0.3 is 0 Å². The molecular formula is C17H28N2O3S. The summed E-state index contributed by atoms with van der Waals surface area (Å²) in [7, 11) is -1.80. The minimum atomic E-state index is -3.46. The monoisotopic (exact) mass is 340 g/mol. The van der Waals surface area contributed by atoms with Gasteiger partial charge in [0.15, 0.2) is 0 Å². The average Bonchev–Trinajstić information content (AvgIpc) is 3.01. The van der Waals surface area contributed by atoms with Gasteiger partial charge in [-0.25, -0.2) is 8.42 Å². The number of aryl methyl sites for hydroxylation is 2. The average molecular weight is 340 g/mol. The Morgan fingerprint density at radius 2 is 1.83 bits per heavy atom. The van der Waals surface area contributed by atoms with E-state index < -0.39 is 10.0 Å². The Morgan fingerprint density at radius 3 is 2.43 bits per heavy atom. The van der Waals surface area contributed by atoms with Crippen LogP contribution in [0.25, 0.3) is 0 Å². The molecule has 5 nitrogen and oxygen atoms in total. The zero-order chi connectivity index (χ0) is 17.0. The van der Waals surface area contributed by atoms with Gasteiger partial charge in [-0.1, -0.05) is 0 Å². The highest BCUT2D eigenvalue weighted by molar-refractivity contribution is 7.89. The highest BCUT2D eigenvalue weighted by Crippen LogP contribution is 2.27. The standard InChI is InChI=1S/C17H28N2O3S/c1-5-22-16-12-15(3)17(13-14(16)2)23(20,21)18(4)10-11-19-8-6-7-9-19/h12-13H,5-11H2,1-4H3. The Kier molecular flexibility index (Phi) is 6.06. The SMILES string of the molecule is CCOc1cc(C)c(S(=O)(=O)N(C)CCN2CCCC2)cc1C. The number of nitrogens with zero attached hydrogens (tertiary/aromatic N) is 2. The molecule has 1 saturated heterocycles. The largest absolute Gasteiger partial charge is 0.494 e. The minimum Gasteiger partial charge on any atom is -0.494 e. The van der Waals surface area contributed by atoms with Crippen molar-refractivity contribution in [2.75, 3.05) is 39.8 Å². The summed E-state index contributed by atoms with van der Waals surface area (Å²) in [6, 6.07) is 3.54. The molecule has 0 bridgehead atoms. The molecule has 0 N–H and O–H groups in total.